The van der Waals surface area contributed by atoms with Crippen LogP contribution in [0.4, 0.5) is 0 Å². The van der Waals surface area contributed by atoms with Gasteiger partial charge in [-0.1, -0.05) is 61.6 Å². The fourth-order valence-electron chi connectivity index (χ4n) is 2.73. The summed E-state index contributed by atoms with van der Waals surface area (Å²) < 4.78 is 0.0174. The van der Waals surface area contributed by atoms with Gasteiger partial charge in [0.2, 0.25) is 0 Å². The molecule has 0 aromatic rings. The Morgan fingerprint density at radius 2 is 1.62 bits per heavy atom. The van der Waals surface area contributed by atoms with Gasteiger partial charge in [0.1, 0.15) is 0 Å². The second-order valence-electron chi connectivity index (χ2n) is 4.73. The molecule has 0 aromatic carbocycles. The maximum atomic E-state index is 9.80. The Labute approximate surface area is 104 Å². The average Bonchev–Trinajstić information content (AvgIpc) is 2.30. The molecule has 0 amide bonds. The van der Waals surface area contributed by atoms with Crippen LogP contribution in [0.2, 0.25) is 0 Å². The van der Waals surface area contributed by atoms with E-state index in [4.69, 9.17) is 0 Å². The van der Waals surface area contributed by atoms with Gasteiger partial charge in [-0.2, -0.15) is 0 Å². The van der Waals surface area contributed by atoms with E-state index in [9.17, 15) is 5.11 Å². The lowest BCUT2D eigenvalue weighted by atomic mass is 9.80. The van der Waals surface area contributed by atoms with Crippen LogP contribution in [0.15, 0.2) is 0 Å². The summed E-state index contributed by atoms with van der Waals surface area (Å²) in [5, 5.41) is 9.80. The molecule has 0 aromatic heterocycles. The minimum absolute atomic E-state index is 0.0174. The van der Waals surface area contributed by atoms with E-state index < -0.39 is 0 Å². The Morgan fingerprint density at radius 3 is 2.08 bits per heavy atom. The van der Waals surface area contributed by atoms with E-state index in [0.717, 1.165) is 12.8 Å². The second-order valence-corrected chi connectivity index (χ2v) is 9.35. The largest absolute Gasteiger partial charge is 0.392 e. The van der Waals surface area contributed by atoms with Gasteiger partial charge >= 0.3 is 0 Å². The van der Waals surface area contributed by atoms with Crippen LogP contribution in [0.3, 0.4) is 0 Å². The quantitative estimate of drug-likeness (QED) is 0.642. The van der Waals surface area contributed by atoms with Gasteiger partial charge in [-0.25, -0.2) is 0 Å². The van der Waals surface area contributed by atoms with Crippen molar-refractivity contribution in [3.05, 3.63) is 0 Å². The fourth-order valence-corrected chi connectivity index (χ4v) is 5.76. The molecule has 0 heterocycles. The molecule has 13 heavy (non-hydrogen) atoms. The zero-order chi connectivity index (χ0) is 10.1. The van der Waals surface area contributed by atoms with Crippen LogP contribution >= 0.6 is 47.8 Å². The number of rotatable bonds is 0. The Kier molecular flexibility index (Phi) is 2.30. The van der Waals surface area contributed by atoms with E-state index in [1.54, 1.807) is 0 Å². The molecule has 0 spiro atoms. The molecular weight excluding hydrogens is 364 g/mol. The lowest BCUT2D eigenvalue weighted by Gasteiger charge is -2.31. The molecule has 1 nitrogen and oxygen atoms in total. The summed E-state index contributed by atoms with van der Waals surface area (Å²) in [6.07, 6.45) is 1.66. The van der Waals surface area contributed by atoms with E-state index in [0.29, 0.717) is 0 Å². The van der Waals surface area contributed by atoms with Gasteiger partial charge in [0.05, 0.1) is 9.34 Å². The summed E-state index contributed by atoms with van der Waals surface area (Å²) in [7, 11) is 0. The monoisotopic (exact) mass is 374 g/mol. The summed E-state index contributed by atoms with van der Waals surface area (Å²) in [5.74, 6) is 0. The first-order chi connectivity index (χ1) is 5.76. The van der Waals surface area contributed by atoms with Gasteiger partial charge in [-0.05, 0) is 12.8 Å². The normalized spacial score (nSPS) is 58.6. The molecule has 2 saturated carbocycles. The van der Waals surface area contributed by atoms with Gasteiger partial charge < -0.3 is 5.11 Å². The van der Waals surface area contributed by atoms with Crippen molar-refractivity contribution < 1.29 is 5.11 Å². The number of aliphatic hydroxyl groups excluding tert-OH is 1. The highest BCUT2D eigenvalue weighted by Gasteiger charge is 2.81. The number of fused-ring (bicyclic) bond motifs is 1. The van der Waals surface area contributed by atoms with Crippen molar-refractivity contribution in [2.45, 2.75) is 40.9 Å². The van der Waals surface area contributed by atoms with Crippen molar-refractivity contribution in [2.75, 3.05) is 0 Å². The third kappa shape index (κ3) is 1.07. The molecule has 0 bridgehead atoms. The van der Waals surface area contributed by atoms with Crippen LogP contribution in [0, 0.1) is 10.8 Å². The summed E-state index contributed by atoms with van der Waals surface area (Å²) in [4.78, 5) is 0.238. The SMILES string of the molecule is C[C@]12C[C@@H](O)[C@H](Br)C[C@]1(C)C2(Br)Br. The van der Waals surface area contributed by atoms with Crippen LogP contribution in [0.1, 0.15) is 26.7 Å². The maximum Gasteiger partial charge on any atom is 0.0925 e. The standard InChI is InChI=1S/C9H13Br3O/c1-7-3-5(10)6(13)4-8(7,2)9(7,11)12/h5-6,13H,3-4H2,1-2H3/t5-,6-,7+,8+/m1/s1. The van der Waals surface area contributed by atoms with Crippen molar-refractivity contribution in [3.63, 3.8) is 0 Å². The molecule has 4 heteroatoms. The average molecular weight is 377 g/mol. The lowest BCUT2D eigenvalue weighted by Crippen LogP contribution is -2.33. The topological polar surface area (TPSA) is 20.2 Å². The lowest BCUT2D eigenvalue weighted by molar-refractivity contribution is 0.0888. The fraction of sp³-hybridized carbons (Fsp3) is 1.00. The number of aliphatic hydroxyl groups is 1. The Bertz CT molecular complexity index is 231. The Hall–Kier alpha value is 1.40. The minimum Gasteiger partial charge on any atom is -0.392 e. The summed E-state index contributed by atoms with van der Waals surface area (Å²) in [5.41, 5.74) is 0.442. The summed E-state index contributed by atoms with van der Waals surface area (Å²) in [6, 6.07) is 0. The van der Waals surface area contributed by atoms with E-state index in [1.807, 2.05) is 0 Å². The highest BCUT2D eigenvalue weighted by molar-refractivity contribution is 9.25. The van der Waals surface area contributed by atoms with E-state index in [1.165, 1.54) is 0 Å². The van der Waals surface area contributed by atoms with Gasteiger partial charge in [-0.15, -0.1) is 0 Å². The summed E-state index contributed by atoms with van der Waals surface area (Å²) >= 11 is 11.0. The zero-order valence-corrected chi connectivity index (χ0v) is 12.4. The third-order valence-corrected chi connectivity index (χ3v) is 8.61. The van der Waals surface area contributed by atoms with Crippen LogP contribution in [-0.4, -0.2) is 19.3 Å². The maximum absolute atomic E-state index is 9.80. The van der Waals surface area contributed by atoms with Crippen LogP contribution in [0.25, 0.3) is 0 Å². The van der Waals surface area contributed by atoms with Crippen LogP contribution < -0.4 is 0 Å². The van der Waals surface area contributed by atoms with Gasteiger partial charge in [0.15, 0.2) is 0 Å². The zero-order valence-electron chi connectivity index (χ0n) is 7.65. The molecular formula is C9H13Br3O. The van der Waals surface area contributed by atoms with Crippen molar-refractivity contribution in [1.82, 2.24) is 0 Å². The smallest absolute Gasteiger partial charge is 0.0925 e. The number of halogens is 3. The first kappa shape index (κ1) is 10.9. The van der Waals surface area contributed by atoms with Crippen molar-refractivity contribution in [1.29, 1.82) is 0 Å². The van der Waals surface area contributed by atoms with Crippen molar-refractivity contribution in [2.24, 2.45) is 10.8 Å². The van der Waals surface area contributed by atoms with Crippen LogP contribution in [0.5, 0.6) is 0 Å². The van der Waals surface area contributed by atoms with Crippen molar-refractivity contribution >= 4 is 47.8 Å². The second kappa shape index (κ2) is 2.74. The molecule has 0 radical (unpaired) electrons. The molecule has 76 valence electrons. The highest BCUT2D eigenvalue weighted by atomic mass is 79.9. The van der Waals surface area contributed by atoms with E-state index in [2.05, 4.69) is 61.6 Å². The van der Waals surface area contributed by atoms with Crippen molar-refractivity contribution in [3.8, 4) is 0 Å². The first-order valence-electron chi connectivity index (χ1n) is 4.46. The molecule has 1 N–H and O–H groups in total. The van der Waals surface area contributed by atoms with Crippen LogP contribution in [-0.2, 0) is 0 Å². The Morgan fingerprint density at radius 1 is 1.15 bits per heavy atom. The molecule has 2 fully saturated rings. The molecule has 4 atom stereocenters. The van der Waals surface area contributed by atoms with Gasteiger partial charge in [0, 0.05) is 15.7 Å². The predicted molar refractivity (Wildman–Crippen MR) is 64.8 cm³/mol. The van der Waals surface area contributed by atoms with Gasteiger partial charge in [-0.3, -0.25) is 0 Å². The predicted octanol–water partition coefficient (Wildman–Crippen LogP) is 3.42. The van der Waals surface area contributed by atoms with E-state index in [-0.39, 0.29) is 25.0 Å². The Balaban J connectivity index is 2.31. The first-order valence-corrected chi connectivity index (χ1v) is 6.96. The molecule has 0 aliphatic heterocycles. The third-order valence-electron chi connectivity index (χ3n) is 4.18. The molecule has 0 saturated heterocycles. The summed E-state index contributed by atoms with van der Waals surface area (Å²) in [6.45, 7) is 4.51. The van der Waals surface area contributed by atoms with E-state index >= 15 is 0 Å². The number of hydrogen-bond acceptors (Lipinski definition) is 1. The molecule has 2 aliphatic rings. The highest BCUT2D eigenvalue weighted by Crippen LogP contribution is 2.84. The molecule has 2 aliphatic carbocycles. The molecule has 0 unspecified atom stereocenters. The van der Waals surface area contributed by atoms with Gasteiger partial charge in [0.25, 0.3) is 0 Å². The number of alkyl halides is 3. The molecule has 2 rings (SSSR count). The number of hydrogen-bond donors (Lipinski definition) is 1. The minimum atomic E-state index is -0.213.